The van der Waals surface area contributed by atoms with E-state index in [2.05, 4.69) is 20.8 Å². The van der Waals surface area contributed by atoms with Crippen molar-refractivity contribution >= 4 is 16.8 Å². The minimum Gasteiger partial charge on any atom is -0.464 e. The zero-order valence-corrected chi connectivity index (χ0v) is 11.7. The van der Waals surface area contributed by atoms with Crippen molar-refractivity contribution in [1.29, 1.82) is 0 Å². The van der Waals surface area contributed by atoms with Gasteiger partial charge in [-0.3, -0.25) is 4.79 Å². The predicted molar refractivity (Wildman–Crippen MR) is 75.4 cm³/mol. The first-order chi connectivity index (χ1) is 8.97. The lowest BCUT2D eigenvalue weighted by Gasteiger charge is -2.17. The van der Waals surface area contributed by atoms with Crippen LogP contribution in [-0.4, -0.2) is 19.0 Å². The second-order valence-electron chi connectivity index (χ2n) is 5.93. The molecule has 19 heavy (non-hydrogen) atoms. The quantitative estimate of drug-likeness (QED) is 0.601. The summed E-state index contributed by atoms with van der Waals surface area (Å²) in [5, 5.41) is 0.854. The molecule has 0 saturated carbocycles. The van der Waals surface area contributed by atoms with Crippen LogP contribution in [-0.2, 0) is 4.74 Å². The Labute approximate surface area is 113 Å². The van der Waals surface area contributed by atoms with Crippen LogP contribution in [0.4, 0.5) is 0 Å². The summed E-state index contributed by atoms with van der Waals surface area (Å²) in [6.07, 6.45) is 2.45. The minimum atomic E-state index is -0.0288. The smallest absolute Gasteiger partial charge is 0.192 e. The highest BCUT2D eigenvalue weighted by Crippen LogP contribution is 2.21. The lowest BCUT2D eigenvalue weighted by Crippen LogP contribution is -2.14. The number of ketones is 1. The summed E-state index contributed by atoms with van der Waals surface area (Å²) in [5.41, 5.74) is 1.57. The van der Waals surface area contributed by atoms with Gasteiger partial charge in [-0.25, -0.2) is 0 Å². The second-order valence-corrected chi connectivity index (χ2v) is 5.93. The second kappa shape index (κ2) is 5.57. The van der Waals surface area contributed by atoms with Crippen LogP contribution < -0.4 is 0 Å². The fourth-order valence-electron chi connectivity index (χ4n) is 1.81. The summed E-state index contributed by atoms with van der Waals surface area (Å²) in [5.74, 6) is -0.0288. The van der Waals surface area contributed by atoms with Crippen molar-refractivity contribution in [2.24, 2.45) is 5.41 Å². The molecule has 0 radical (unpaired) electrons. The fraction of sp³-hybridized carbons (Fsp3) is 0.438. The largest absolute Gasteiger partial charge is 0.464 e. The maximum absolute atomic E-state index is 12.1. The van der Waals surface area contributed by atoms with E-state index in [1.54, 1.807) is 0 Å². The number of carbonyl (C=O) groups excluding carboxylic acids is 1. The van der Waals surface area contributed by atoms with Crippen LogP contribution in [0.25, 0.3) is 11.0 Å². The van der Waals surface area contributed by atoms with E-state index in [0.29, 0.717) is 12.2 Å². The summed E-state index contributed by atoms with van der Waals surface area (Å²) < 4.78 is 10.8. The molecule has 2 rings (SSSR count). The standard InChI is InChI=1S/C16H20O3/c1-16(2,3)8-9-18-11-14(17)13-10-19-15-7-5-4-6-12(13)15/h4-7,10H,8-9,11H2,1-3H3. The first kappa shape index (κ1) is 13.8. The number of rotatable bonds is 5. The monoisotopic (exact) mass is 260 g/mol. The minimum absolute atomic E-state index is 0.0288. The van der Waals surface area contributed by atoms with Gasteiger partial charge in [0.1, 0.15) is 18.5 Å². The highest BCUT2D eigenvalue weighted by molar-refractivity contribution is 6.07. The van der Waals surface area contributed by atoms with Crippen molar-refractivity contribution in [3.8, 4) is 0 Å². The third kappa shape index (κ3) is 3.67. The van der Waals surface area contributed by atoms with E-state index in [9.17, 15) is 4.79 Å². The number of benzene rings is 1. The van der Waals surface area contributed by atoms with Crippen molar-refractivity contribution < 1.29 is 13.9 Å². The first-order valence-corrected chi connectivity index (χ1v) is 6.54. The van der Waals surface area contributed by atoms with E-state index in [1.807, 2.05) is 24.3 Å². The van der Waals surface area contributed by atoms with Gasteiger partial charge in [-0.1, -0.05) is 39.0 Å². The number of furan rings is 1. The van der Waals surface area contributed by atoms with Crippen molar-refractivity contribution in [1.82, 2.24) is 0 Å². The maximum Gasteiger partial charge on any atom is 0.192 e. The van der Waals surface area contributed by atoms with E-state index in [-0.39, 0.29) is 17.8 Å². The Morgan fingerprint density at radius 3 is 2.74 bits per heavy atom. The third-order valence-electron chi connectivity index (χ3n) is 3.01. The Hall–Kier alpha value is -1.61. The molecule has 102 valence electrons. The Balaban J connectivity index is 1.93. The zero-order valence-electron chi connectivity index (χ0n) is 11.7. The third-order valence-corrected chi connectivity index (χ3v) is 3.01. The van der Waals surface area contributed by atoms with Gasteiger partial charge in [0, 0.05) is 12.0 Å². The molecule has 0 spiro atoms. The molecule has 0 bridgehead atoms. The molecule has 3 heteroatoms. The van der Waals surface area contributed by atoms with E-state index in [4.69, 9.17) is 9.15 Å². The number of hydrogen-bond donors (Lipinski definition) is 0. The molecule has 0 N–H and O–H groups in total. The molecule has 2 aromatic rings. The van der Waals surface area contributed by atoms with Gasteiger partial charge < -0.3 is 9.15 Å². The van der Waals surface area contributed by atoms with Gasteiger partial charge >= 0.3 is 0 Å². The highest BCUT2D eigenvalue weighted by atomic mass is 16.5. The number of para-hydroxylation sites is 1. The van der Waals surface area contributed by atoms with Crippen LogP contribution >= 0.6 is 0 Å². The topological polar surface area (TPSA) is 39.4 Å². The molecular weight excluding hydrogens is 240 g/mol. The van der Waals surface area contributed by atoms with Crippen molar-refractivity contribution in [3.63, 3.8) is 0 Å². The normalized spacial score (nSPS) is 11.9. The Kier molecular flexibility index (Phi) is 4.05. The zero-order chi connectivity index (χ0) is 13.9. The Morgan fingerprint density at radius 2 is 2.00 bits per heavy atom. The van der Waals surface area contributed by atoms with Crippen LogP contribution in [0.1, 0.15) is 37.6 Å². The number of carbonyl (C=O) groups is 1. The molecular formula is C16H20O3. The summed E-state index contributed by atoms with van der Waals surface area (Å²) in [7, 11) is 0. The highest BCUT2D eigenvalue weighted by Gasteiger charge is 2.14. The van der Waals surface area contributed by atoms with Crippen LogP contribution in [0.3, 0.4) is 0 Å². The molecule has 0 unspecified atom stereocenters. The summed E-state index contributed by atoms with van der Waals surface area (Å²) >= 11 is 0. The van der Waals surface area contributed by atoms with Gasteiger partial charge in [0.15, 0.2) is 5.78 Å². The number of ether oxygens (including phenoxy) is 1. The van der Waals surface area contributed by atoms with Crippen LogP contribution in [0, 0.1) is 5.41 Å². The van der Waals surface area contributed by atoms with E-state index in [0.717, 1.165) is 17.4 Å². The molecule has 0 aliphatic heterocycles. The predicted octanol–water partition coefficient (Wildman–Crippen LogP) is 4.07. The fourth-order valence-corrected chi connectivity index (χ4v) is 1.81. The van der Waals surface area contributed by atoms with Gasteiger partial charge in [0.2, 0.25) is 0 Å². The molecule has 3 nitrogen and oxygen atoms in total. The van der Waals surface area contributed by atoms with Gasteiger partial charge in [-0.15, -0.1) is 0 Å². The molecule has 1 aromatic heterocycles. The Morgan fingerprint density at radius 1 is 1.26 bits per heavy atom. The summed E-state index contributed by atoms with van der Waals surface area (Å²) in [6.45, 7) is 7.18. The van der Waals surface area contributed by atoms with Crippen LogP contribution in [0.15, 0.2) is 34.9 Å². The van der Waals surface area contributed by atoms with Crippen molar-refractivity contribution in [3.05, 3.63) is 36.1 Å². The summed E-state index contributed by atoms with van der Waals surface area (Å²) in [6, 6.07) is 7.53. The van der Waals surface area contributed by atoms with Crippen LogP contribution in [0.5, 0.6) is 0 Å². The SMILES string of the molecule is CC(C)(C)CCOCC(=O)c1coc2ccccc12. The molecule has 0 saturated heterocycles. The van der Waals surface area contributed by atoms with Crippen LogP contribution in [0.2, 0.25) is 0 Å². The average molecular weight is 260 g/mol. The molecule has 1 aromatic carbocycles. The van der Waals surface area contributed by atoms with Crippen molar-refractivity contribution in [2.45, 2.75) is 27.2 Å². The summed E-state index contributed by atoms with van der Waals surface area (Å²) in [4.78, 5) is 12.1. The van der Waals surface area contributed by atoms with Gasteiger partial charge in [0.25, 0.3) is 0 Å². The van der Waals surface area contributed by atoms with Gasteiger partial charge in [0.05, 0.1) is 5.56 Å². The Bertz CT molecular complexity index is 561. The molecule has 0 aliphatic rings. The average Bonchev–Trinajstić information content (AvgIpc) is 2.77. The molecule has 0 fully saturated rings. The molecule has 0 atom stereocenters. The number of Topliss-reactive ketones (excluding diaryl/α,β-unsaturated/α-hetero) is 1. The van der Waals surface area contributed by atoms with E-state index in [1.165, 1.54) is 6.26 Å². The lowest BCUT2D eigenvalue weighted by atomic mass is 9.93. The molecule has 0 aliphatic carbocycles. The van der Waals surface area contributed by atoms with Gasteiger partial charge in [-0.2, -0.15) is 0 Å². The maximum atomic E-state index is 12.1. The van der Waals surface area contributed by atoms with Crippen molar-refractivity contribution in [2.75, 3.05) is 13.2 Å². The lowest BCUT2D eigenvalue weighted by molar-refractivity contribution is 0.0706. The van der Waals surface area contributed by atoms with E-state index >= 15 is 0 Å². The number of hydrogen-bond acceptors (Lipinski definition) is 3. The molecule has 0 amide bonds. The van der Waals surface area contributed by atoms with Gasteiger partial charge in [-0.05, 0) is 17.9 Å². The number of fused-ring (bicyclic) bond motifs is 1. The molecule has 1 heterocycles. The van der Waals surface area contributed by atoms with E-state index < -0.39 is 0 Å². The first-order valence-electron chi connectivity index (χ1n) is 6.54.